The van der Waals surface area contributed by atoms with Gasteiger partial charge in [-0.2, -0.15) is 0 Å². The van der Waals surface area contributed by atoms with E-state index >= 15 is 0 Å². The lowest BCUT2D eigenvalue weighted by Crippen LogP contribution is -2.01. The first-order chi connectivity index (χ1) is 5.92. The molecular weight excluding hydrogens is 150 g/mol. The number of nitroso groups, excluding NO2 is 1. The van der Waals surface area contributed by atoms with Crippen molar-refractivity contribution in [2.24, 2.45) is 5.18 Å². The monoisotopic (exact) mass is 161 g/mol. The summed E-state index contributed by atoms with van der Waals surface area (Å²) in [5, 5.41) is 3.03. The molecule has 0 radical (unpaired) electrons. The summed E-state index contributed by atoms with van der Waals surface area (Å²) >= 11 is 0. The van der Waals surface area contributed by atoms with Gasteiger partial charge in [-0.15, -0.1) is 4.91 Å². The third-order valence-electron chi connectivity index (χ3n) is 2.47. The van der Waals surface area contributed by atoms with Gasteiger partial charge in [0.1, 0.15) is 5.69 Å². The lowest BCUT2D eigenvalue weighted by Gasteiger charge is -2.15. The molecule has 0 saturated heterocycles. The average Bonchev–Trinajstić information content (AvgIpc) is 2.17. The molecule has 2 nitrogen and oxygen atoms in total. The smallest absolute Gasteiger partial charge is 0.111 e. The summed E-state index contributed by atoms with van der Waals surface area (Å²) < 4.78 is 0. The predicted molar refractivity (Wildman–Crippen MR) is 48.5 cm³/mol. The van der Waals surface area contributed by atoms with Gasteiger partial charge < -0.3 is 0 Å². The van der Waals surface area contributed by atoms with Gasteiger partial charge in [0.05, 0.1) is 0 Å². The molecule has 0 atom stereocenters. The van der Waals surface area contributed by atoms with Crippen molar-refractivity contribution in [3.8, 4) is 0 Å². The third-order valence-corrected chi connectivity index (χ3v) is 2.47. The fourth-order valence-corrected chi connectivity index (χ4v) is 1.85. The maximum atomic E-state index is 10.4. The van der Waals surface area contributed by atoms with Crippen LogP contribution in [0.4, 0.5) is 5.69 Å². The van der Waals surface area contributed by atoms with E-state index in [9.17, 15) is 4.91 Å². The zero-order valence-corrected chi connectivity index (χ0v) is 6.92. The number of aryl methyl sites for hydroxylation is 1. The lowest BCUT2D eigenvalue weighted by atomic mass is 9.91. The van der Waals surface area contributed by atoms with Gasteiger partial charge in [0.2, 0.25) is 0 Å². The molecule has 1 aromatic rings. The number of nitrogens with zero attached hydrogens (tertiary/aromatic N) is 1. The van der Waals surface area contributed by atoms with Crippen molar-refractivity contribution in [2.75, 3.05) is 0 Å². The number of rotatable bonds is 1. The zero-order valence-electron chi connectivity index (χ0n) is 6.92. The molecule has 0 aliphatic heterocycles. The van der Waals surface area contributed by atoms with E-state index in [4.69, 9.17) is 0 Å². The van der Waals surface area contributed by atoms with E-state index in [0.29, 0.717) is 5.69 Å². The molecule has 1 aliphatic carbocycles. The van der Waals surface area contributed by atoms with E-state index in [0.717, 1.165) is 12.8 Å². The van der Waals surface area contributed by atoms with Crippen LogP contribution in [0.25, 0.3) is 0 Å². The number of hydrogen-bond acceptors (Lipinski definition) is 2. The van der Waals surface area contributed by atoms with Gasteiger partial charge in [-0.3, -0.25) is 0 Å². The highest BCUT2D eigenvalue weighted by Gasteiger charge is 2.12. The van der Waals surface area contributed by atoms with Crippen LogP contribution in [0.1, 0.15) is 24.0 Å². The van der Waals surface area contributed by atoms with E-state index < -0.39 is 0 Å². The Kier molecular flexibility index (Phi) is 1.90. The van der Waals surface area contributed by atoms with E-state index in [1.807, 2.05) is 6.07 Å². The standard InChI is InChI=1S/C10H11NO/c12-11-10-7-3-5-8-4-1-2-6-9(8)10/h3,5,7H,1-2,4,6H2. The second kappa shape index (κ2) is 3.05. The van der Waals surface area contributed by atoms with Gasteiger partial charge in [-0.25, -0.2) is 0 Å². The molecule has 0 amide bonds. The molecule has 0 unspecified atom stereocenters. The summed E-state index contributed by atoms with van der Waals surface area (Å²) in [5.41, 5.74) is 3.14. The molecule has 0 spiro atoms. The Morgan fingerprint density at radius 2 is 2.00 bits per heavy atom. The van der Waals surface area contributed by atoms with E-state index in [2.05, 4.69) is 11.2 Å². The second-order valence-electron chi connectivity index (χ2n) is 3.21. The normalized spacial score (nSPS) is 15.3. The summed E-state index contributed by atoms with van der Waals surface area (Å²) in [6.45, 7) is 0. The molecular formula is C10H11NO. The molecule has 1 aromatic carbocycles. The summed E-state index contributed by atoms with van der Waals surface area (Å²) in [6, 6.07) is 5.82. The molecule has 0 heterocycles. The van der Waals surface area contributed by atoms with Crippen LogP contribution >= 0.6 is 0 Å². The Labute approximate surface area is 71.6 Å². The van der Waals surface area contributed by atoms with Crippen LogP contribution in [0.2, 0.25) is 0 Å². The van der Waals surface area contributed by atoms with Gasteiger partial charge in [0.25, 0.3) is 0 Å². The lowest BCUT2D eigenvalue weighted by molar-refractivity contribution is 0.686. The maximum absolute atomic E-state index is 10.4. The van der Waals surface area contributed by atoms with Crippen LogP contribution in [0.3, 0.4) is 0 Å². The second-order valence-corrected chi connectivity index (χ2v) is 3.21. The molecule has 0 fully saturated rings. The van der Waals surface area contributed by atoms with Crippen molar-refractivity contribution in [1.29, 1.82) is 0 Å². The van der Waals surface area contributed by atoms with Crippen LogP contribution in [0.15, 0.2) is 23.4 Å². The van der Waals surface area contributed by atoms with E-state index in [-0.39, 0.29) is 0 Å². The number of hydrogen-bond donors (Lipinski definition) is 0. The fraction of sp³-hybridized carbons (Fsp3) is 0.400. The Hall–Kier alpha value is -1.18. The van der Waals surface area contributed by atoms with Gasteiger partial charge in [-0.05, 0) is 48.1 Å². The molecule has 2 rings (SSSR count). The highest BCUT2D eigenvalue weighted by molar-refractivity contribution is 5.50. The van der Waals surface area contributed by atoms with Crippen molar-refractivity contribution in [1.82, 2.24) is 0 Å². The van der Waals surface area contributed by atoms with Crippen LogP contribution in [0.5, 0.6) is 0 Å². The Morgan fingerprint density at radius 1 is 1.17 bits per heavy atom. The van der Waals surface area contributed by atoms with Crippen LogP contribution < -0.4 is 0 Å². The van der Waals surface area contributed by atoms with Gasteiger partial charge in [0, 0.05) is 0 Å². The van der Waals surface area contributed by atoms with Crippen LogP contribution in [-0.2, 0) is 12.8 Å². The van der Waals surface area contributed by atoms with Gasteiger partial charge in [-0.1, -0.05) is 12.1 Å². The van der Waals surface area contributed by atoms with E-state index in [1.54, 1.807) is 6.07 Å². The molecule has 12 heavy (non-hydrogen) atoms. The summed E-state index contributed by atoms with van der Waals surface area (Å²) in [4.78, 5) is 10.4. The molecule has 0 aromatic heterocycles. The minimum atomic E-state index is 0.646. The fourth-order valence-electron chi connectivity index (χ4n) is 1.85. The van der Waals surface area contributed by atoms with Crippen molar-refractivity contribution in [3.05, 3.63) is 34.2 Å². The topological polar surface area (TPSA) is 29.4 Å². The number of fused-ring (bicyclic) bond motifs is 1. The van der Waals surface area contributed by atoms with Crippen molar-refractivity contribution in [2.45, 2.75) is 25.7 Å². The summed E-state index contributed by atoms with van der Waals surface area (Å²) in [6.07, 6.45) is 4.57. The zero-order chi connectivity index (χ0) is 8.39. The number of benzene rings is 1. The molecule has 0 bridgehead atoms. The highest BCUT2D eigenvalue weighted by atomic mass is 16.3. The van der Waals surface area contributed by atoms with Crippen LogP contribution in [-0.4, -0.2) is 0 Å². The SMILES string of the molecule is O=Nc1cccc2c1CCCC2. The molecule has 0 N–H and O–H groups in total. The minimum absolute atomic E-state index is 0.646. The highest BCUT2D eigenvalue weighted by Crippen LogP contribution is 2.29. The molecule has 62 valence electrons. The van der Waals surface area contributed by atoms with E-state index in [1.165, 1.54) is 24.0 Å². The van der Waals surface area contributed by atoms with Crippen LogP contribution in [0, 0.1) is 4.91 Å². The predicted octanol–water partition coefficient (Wildman–Crippen LogP) is 2.96. The Balaban J connectivity index is 2.51. The van der Waals surface area contributed by atoms with Crippen molar-refractivity contribution >= 4 is 5.69 Å². The molecule has 0 saturated carbocycles. The average molecular weight is 161 g/mol. The van der Waals surface area contributed by atoms with Gasteiger partial charge in [0.15, 0.2) is 0 Å². The molecule has 2 heteroatoms. The Bertz CT molecular complexity index is 307. The summed E-state index contributed by atoms with van der Waals surface area (Å²) in [7, 11) is 0. The first kappa shape index (κ1) is 7.47. The first-order valence-electron chi connectivity index (χ1n) is 4.36. The quantitative estimate of drug-likeness (QED) is 0.582. The van der Waals surface area contributed by atoms with Crippen molar-refractivity contribution in [3.63, 3.8) is 0 Å². The van der Waals surface area contributed by atoms with Crippen molar-refractivity contribution < 1.29 is 0 Å². The third kappa shape index (κ3) is 1.13. The Morgan fingerprint density at radius 3 is 2.83 bits per heavy atom. The molecule has 1 aliphatic rings. The van der Waals surface area contributed by atoms with Gasteiger partial charge >= 0.3 is 0 Å². The first-order valence-corrected chi connectivity index (χ1v) is 4.36. The largest absolute Gasteiger partial charge is 0.145 e. The maximum Gasteiger partial charge on any atom is 0.111 e. The minimum Gasteiger partial charge on any atom is -0.145 e. The summed E-state index contributed by atoms with van der Waals surface area (Å²) in [5.74, 6) is 0.